The van der Waals surface area contributed by atoms with E-state index in [9.17, 15) is 9.59 Å². The predicted octanol–water partition coefficient (Wildman–Crippen LogP) is 3.68. The van der Waals surface area contributed by atoms with Gasteiger partial charge >= 0.3 is 6.03 Å². The Bertz CT molecular complexity index is 927. The van der Waals surface area contributed by atoms with Crippen LogP contribution in [0.4, 0.5) is 4.79 Å². The molecular formula is C18H18N4O2S2. The van der Waals surface area contributed by atoms with Gasteiger partial charge < -0.3 is 5.32 Å². The summed E-state index contributed by atoms with van der Waals surface area (Å²) in [7, 11) is 0. The molecule has 0 spiro atoms. The number of nitrogens with zero attached hydrogens (tertiary/aromatic N) is 2. The van der Waals surface area contributed by atoms with Gasteiger partial charge in [-0.25, -0.2) is 14.8 Å². The average Bonchev–Trinajstić information content (AvgIpc) is 3.08. The third-order valence-corrected chi connectivity index (χ3v) is 5.79. The Morgan fingerprint density at radius 3 is 2.73 bits per heavy atom. The van der Waals surface area contributed by atoms with Crippen molar-refractivity contribution in [1.29, 1.82) is 0 Å². The van der Waals surface area contributed by atoms with E-state index in [0.29, 0.717) is 6.54 Å². The molecule has 0 saturated heterocycles. The van der Waals surface area contributed by atoms with Crippen LogP contribution in [-0.2, 0) is 4.79 Å². The Morgan fingerprint density at radius 2 is 2.00 bits per heavy atom. The molecule has 2 N–H and O–H groups in total. The molecule has 6 nitrogen and oxygen atoms in total. The summed E-state index contributed by atoms with van der Waals surface area (Å²) in [6.07, 6.45) is 1.50. The number of fused-ring (bicyclic) bond motifs is 1. The first-order valence-electron chi connectivity index (χ1n) is 8.13. The van der Waals surface area contributed by atoms with E-state index >= 15 is 0 Å². The minimum atomic E-state index is -0.486. The van der Waals surface area contributed by atoms with Crippen LogP contribution in [0.3, 0.4) is 0 Å². The molecule has 0 bridgehead atoms. The summed E-state index contributed by atoms with van der Waals surface area (Å²) >= 11 is 2.90. The van der Waals surface area contributed by atoms with E-state index in [1.54, 1.807) is 25.2 Å². The van der Waals surface area contributed by atoms with Crippen molar-refractivity contribution in [2.45, 2.75) is 24.1 Å². The van der Waals surface area contributed by atoms with E-state index < -0.39 is 11.3 Å². The highest BCUT2D eigenvalue weighted by atomic mass is 32.2. The third kappa shape index (κ3) is 4.20. The van der Waals surface area contributed by atoms with Crippen molar-refractivity contribution in [3.63, 3.8) is 0 Å². The lowest BCUT2D eigenvalue weighted by molar-refractivity contribution is -0.119. The summed E-state index contributed by atoms with van der Waals surface area (Å²) in [5.41, 5.74) is 1.12. The van der Waals surface area contributed by atoms with Crippen LogP contribution in [0.2, 0.25) is 0 Å². The maximum absolute atomic E-state index is 12.2. The monoisotopic (exact) mass is 386 g/mol. The highest BCUT2D eigenvalue weighted by Gasteiger charge is 2.19. The van der Waals surface area contributed by atoms with Crippen LogP contribution >= 0.6 is 23.1 Å². The summed E-state index contributed by atoms with van der Waals surface area (Å²) in [6.45, 7) is 4.00. The molecule has 2 heterocycles. The molecule has 0 aliphatic heterocycles. The van der Waals surface area contributed by atoms with Crippen molar-refractivity contribution in [1.82, 2.24) is 20.6 Å². The maximum Gasteiger partial charge on any atom is 0.321 e. The number of amides is 3. The number of carbonyl (C=O) groups is 2. The number of hydrogen-bond acceptors (Lipinski definition) is 6. The van der Waals surface area contributed by atoms with Gasteiger partial charge in [-0.05, 0) is 25.5 Å². The highest BCUT2D eigenvalue weighted by Crippen LogP contribution is 2.37. The van der Waals surface area contributed by atoms with Gasteiger partial charge in [-0.1, -0.05) is 42.1 Å². The Morgan fingerprint density at radius 1 is 1.23 bits per heavy atom. The van der Waals surface area contributed by atoms with Crippen molar-refractivity contribution in [2.75, 3.05) is 6.54 Å². The molecule has 1 aromatic carbocycles. The second-order valence-electron chi connectivity index (χ2n) is 5.48. The van der Waals surface area contributed by atoms with Crippen molar-refractivity contribution in [3.8, 4) is 10.4 Å². The van der Waals surface area contributed by atoms with Gasteiger partial charge in [0.05, 0.1) is 5.25 Å². The summed E-state index contributed by atoms with van der Waals surface area (Å²) in [6, 6.07) is 11.6. The Labute approximate surface area is 159 Å². The van der Waals surface area contributed by atoms with Crippen LogP contribution in [0.25, 0.3) is 20.7 Å². The molecule has 0 fully saturated rings. The van der Waals surface area contributed by atoms with Gasteiger partial charge in [-0.15, -0.1) is 11.3 Å². The molecule has 2 aromatic heterocycles. The molecular weight excluding hydrogens is 368 g/mol. The summed E-state index contributed by atoms with van der Waals surface area (Å²) in [4.78, 5) is 34.3. The first-order chi connectivity index (χ1) is 12.6. The van der Waals surface area contributed by atoms with E-state index in [1.807, 2.05) is 36.4 Å². The SMILES string of the molecule is CCNC(=O)NC(=O)[C@@H](C)Sc1ncnc2sc(-c3ccccc3)cc12. The lowest BCUT2D eigenvalue weighted by Crippen LogP contribution is -2.42. The Hall–Kier alpha value is -2.45. The molecule has 0 aliphatic rings. The van der Waals surface area contributed by atoms with Crippen LogP contribution in [0, 0.1) is 0 Å². The number of hydrogen-bond donors (Lipinski definition) is 2. The fourth-order valence-corrected chi connectivity index (χ4v) is 4.27. The number of urea groups is 1. The number of imide groups is 1. The normalized spacial score (nSPS) is 11.9. The molecule has 0 radical (unpaired) electrons. The zero-order valence-electron chi connectivity index (χ0n) is 14.4. The lowest BCUT2D eigenvalue weighted by Gasteiger charge is -2.11. The molecule has 0 saturated carbocycles. The van der Waals surface area contributed by atoms with Crippen molar-refractivity contribution in [3.05, 3.63) is 42.7 Å². The molecule has 3 amide bonds. The van der Waals surface area contributed by atoms with Crippen molar-refractivity contribution >= 4 is 45.3 Å². The van der Waals surface area contributed by atoms with Gasteiger partial charge in [0, 0.05) is 16.8 Å². The number of aromatic nitrogens is 2. The number of benzene rings is 1. The fraction of sp³-hybridized carbons (Fsp3) is 0.222. The van der Waals surface area contributed by atoms with E-state index in [-0.39, 0.29) is 5.91 Å². The van der Waals surface area contributed by atoms with Crippen LogP contribution in [0.15, 0.2) is 47.8 Å². The summed E-state index contributed by atoms with van der Waals surface area (Å²) in [5.74, 6) is -0.355. The van der Waals surface area contributed by atoms with E-state index in [0.717, 1.165) is 25.7 Å². The van der Waals surface area contributed by atoms with E-state index in [4.69, 9.17) is 0 Å². The maximum atomic E-state index is 12.2. The second kappa shape index (κ2) is 8.29. The van der Waals surface area contributed by atoms with Gasteiger partial charge in [0.15, 0.2) is 0 Å². The van der Waals surface area contributed by atoms with Gasteiger partial charge in [0.2, 0.25) is 5.91 Å². The van der Waals surface area contributed by atoms with Gasteiger partial charge in [0.25, 0.3) is 0 Å². The summed E-state index contributed by atoms with van der Waals surface area (Å²) in [5, 5.41) is 6.05. The molecule has 8 heteroatoms. The molecule has 0 unspecified atom stereocenters. The number of carbonyl (C=O) groups excluding carboxylic acids is 2. The van der Waals surface area contributed by atoms with Gasteiger partial charge in [0.1, 0.15) is 16.2 Å². The van der Waals surface area contributed by atoms with Crippen LogP contribution in [0.5, 0.6) is 0 Å². The van der Waals surface area contributed by atoms with E-state index in [2.05, 4.69) is 20.6 Å². The first kappa shape index (κ1) is 18.3. The second-order valence-corrected chi connectivity index (χ2v) is 7.84. The van der Waals surface area contributed by atoms with Gasteiger partial charge in [-0.3, -0.25) is 10.1 Å². The minimum absolute atomic E-state index is 0.355. The average molecular weight is 387 g/mol. The van der Waals surface area contributed by atoms with Crippen molar-refractivity contribution < 1.29 is 9.59 Å². The minimum Gasteiger partial charge on any atom is -0.338 e. The third-order valence-electron chi connectivity index (χ3n) is 3.58. The number of nitrogens with one attached hydrogen (secondary N) is 2. The summed E-state index contributed by atoms with van der Waals surface area (Å²) < 4.78 is 0. The topological polar surface area (TPSA) is 84.0 Å². The smallest absolute Gasteiger partial charge is 0.321 e. The van der Waals surface area contributed by atoms with Gasteiger partial charge in [-0.2, -0.15) is 0 Å². The zero-order valence-corrected chi connectivity index (χ0v) is 16.0. The number of rotatable bonds is 5. The first-order valence-corrected chi connectivity index (χ1v) is 9.83. The highest BCUT2D eigenvalue weighted by molar-refractivity contribution is 8.00. The predicted molar refractivity (Wildman–Crippen MR) is 105 cm³/mol. The molecule has 26 heavy (non-hydrogen) atoms. The molecule has 3 aromatic rings. The Balaban J connectivity index is 1.81. The lowest BCUT2D eigenvalue weighted by atomic mass is 10.2. The quantitative estimate of drug-likeness (QED) is 0.516. The van der Waals surface area contributed by atoms with Crippen LogP contribution < -0.4 is 10.6 Å². The van der Waals surface area contributed by atoms with Crippen LogP contribution in [0.1, 0.15) is 13.8 Å². The Kier molecular flexibility index (Phi) is 5.85. The molecule has 3 rings (SSSR count). The van der Waals surface area contributed by atoms with E-state index in [1.165, 1.54) is 18.1 Å². The largest absolute Gasteiger partial charge is 0.338 e. The molecule has 1 atom stereocenters. The molecule has 134 valence electrons. The number of thiophene rings is 1. The number of thioether (sulfide) groups is 1. The standard InChI is InChI=1S/C18H18N4O2S2/c1-3-19-18(24)22-15(23)11(2)25-16-13-9-14(12-7-5-4-6-8-12)26-17(13)21-10-20-16/h4-11H,3H2,1-2H3,(H2,19,22,23,24)/t11-/m1/s1. The zero-order chi connectivity index (χ0) is 18.5. The molecule has 0 aliphatic carbocycles. The fourth-order valence-electron chi connectivity index (χ4n) is 2.31. The van der Waals surface area contributed by atoms with Crippen LogP contribution in [-0.4, -0.2) is 33.7 Å². The van der Waals surface area contributed by atoms with Crippen molar-refractivity contribution in [2.24, 2.45) is 0 Å².